The molecule has 0 radical (unpaired) electrons. The quantitative estimate of drug-likeness (QED) is 0.365. The van der Waals surface area contributed by atoms with Crippen LogP contribution in [0.3, 0.4) is 0 Å². The highest BCUT2D eigenvalue weighted by Gasteiger charge is 1.98. The highest BCUT2D eigenvalue weighted by Crippen LogP contribution is 1.78. The molecule has 9 heavy (non-hydrogen) atoms. The summed E-state index contributed by atoms with van der Waals surface area (Å²) >= 11 is 0. The predicted molar refractivity (Wildman–Crippen MR) is 31.7 cm³/mol. The summed E-state index contributed by atoms with van der Waals surface area (Å²) in [5, 5.41) is 0.905. The molecule has 5 heteroatoms. The Morgan fingerprint density at radius 2 is 2.33 bits per heavy atom. The van der Waals surface area contributed by atoms with Gasteiger partial charge in [-0.15, -0.1) is 0 Å². The molecule has 0 saturated heterocycles. The second-order valence-corrected chi connectivity index (χ2v) is 1.51. The maximum Gasteiger partial charge on any atom is 0.323 e. The highest BCUT2D eigenvalue weighted by molar-refractivity contribution is 5.65. The van der Waals surface area contributed by atoms with Crippen molar-refractivity contribution in [3.05, 3.63) is 0 Å². The number of carbonyl (C=O) groups excluding carboxylic acids is 1. The van der Waals surface area contributed by atoms with E-state index >= 15 is 0 Å². The van der Waals surface area contributed by atoms with E-state index < -0.39 is 5.97 Å². The van der Waals surface area contributed by atoms with Gasteiger partial charge in [0, 0.05) is 13.5 Å². The molecule has 0 atom stereocenters. The molecule has 0 rings (SSSR count). The summed E-state index contributed by atoms with van der Waals surface area (Å²) in [6.45, 7) is 1.99. The van der Waals surface area contributed by atoms with Crippen molar-refractivity contribution in [2.45, 2.75) is 6.92 Å². The average molecular weight is 133 g/mol. The normalized spacial score (nSPS) is 9.78. The van der Waals surface area contributed by atoms with Gasteiger partial charge in [0.1, 0.15) is 0 Å². The van der Waals surface area contributed by atoms with Gasteiger partial charge in [-0.2, -0.15) is 0 Å². The Morgan fingerprint density at radius 3 is 2.67 bits per heavy atom. The van der Waals surface area contributed by atoms with E-state index in [1.54, 1.807) is 0 Å². The van der Waals surface area contributed by atoms with Gasteiger partial charge in [-0.3, -0.25) is 4.79 Å². The molecule has 0 aromatic rings. The second kappa shape index (κ2) is 4.25. The van der Waals surface area contributed by atoms with Crippen LogP contribution in [-0.2, 0) is 9.63 Å². The molecular formula is C4H11N3O2. The van der Waals surface area contributed by atoms with Crippen LogP contribution in [-0.4, -0.2) is 24.2 Å². The first kappa shape index (κ1) is 8.35. The lowest BCUT2D eigenvalue weighted by molar-refractivity contribution is -0.188. The largest absolute Gasteiger partial charge is 0.354 e. The van der Waals surface area contributed by atoms with Crippen LogP contribution in [0.1, 0.15) is 6.92 Å². The highest BCUT2D eigenvalue weighted by atomic mass is 16.7. The van der Waals surface area contributed by atoms with Crippen molar-refractivity contribution in [3.8, 4) is 0 Å². The summed E-state index contributed by atoms with van der Waals surface area (Å²) in [6.07, 6.45) is 0. The SMILES string of the molecule is CC(=O)ON(N)CCN. The Balaban J connectivity index is 3.26. The van der Waals surface area contributed by atoms with Crippen molar-refractivity contribution in [1.82, 2.24) is 5.17 Å². The molecule has 0 unspecified atom stereocenters. The molecule has 0 bridgehead atoms. The minimum atomic E-state index is -0.439. The zero-order valence-corrected chi connectivity index (χ0v) is 5.33. The third-order valence-electron chi connectivity index (χ3n) is 0.595. The first-order valence-corrected chi connectivity index (χ1v) is 2.57. The third-order valence-corrected chi connectivity index (χ3v) is 0.595. The maximum atomic E-state index is 10.1. The minimum absolute atomic E-state index is 0.347. The van der Waals surface area contributed by atoms with Gasteiger partial charge in [0.2, 0.25) is 0 Å². The number of carbonyl (C=O) groups is 1. The first-order valence-electron chi connectivity index (χ1n) is 2.57. The van der Waals surface area contributed by atoms with E-state index in [0.717, 1.165) is 5.17 Å². The van der Waals surface area contributed by atoms with Gasteiger partial charge in [-0.05, 0) is 0 Å². The Hall–Kier alpha value is -0.650. The number of nitrogens with zero attached hydrogens (tertiary/aromatic N) is 1. The molecule has 4 N–H and O–H groups in total. The zero-order chi connectivity index (χ0) is 7.28. The van der Waals surface area contributed by atoms with Crippen LogP contribution < -0.4 is 11.6 Å². The number of hydrazine groups is 1. The Labute approximate surface area is 53.5 Å². The molecule has 0 aliphatic heterocycles. The van der Waals surface area contributed by atoms with Gasteiger partial charge >= 0.3 is 5.97 Å². The smallest absolute Gasteiger partial charge is 0.323 e. The van der Waals surface area contributed by atoms with Gasteiger partial charge in [0.05, 0.1) is 6.54 Å². The number of hydrogen-bond donors (Lipinski definition) is 2. The van der Waals surface area contributed by atoms with Gasteiger partial charge in [0.15, 0.2) is 0 Å². The van der Waals surface area contributed by atoms with Crippen LogP contribution in [0.15, 0.2) is 0 Å². The first-order chi connectivity index (χ1) is 4.16. The van der Waals surface area contributed by atoms with Crippen LogP contribution in [0.25, 0.3) is 0 Å². The van der Waals surface area contributed by atoms with E-state index in [2.05, 4.69) is 4.84 Å². The zero-order valence-electron chi connectivity index (χ0n) is 5.33. The van der Waals surface area contributed by atoms with E-state index in [0.29, 0.717) is 13.1 Å². The number of rotatable bonds is 3. The molecular weight excluding hydrogens is 122 g/mol. The van der Waals surface area contributed by atoms with Gasteiger partial charge in [0.25, 0.3) is 0 Å². The van der Waals surface area contributed by atoms with Crippen molar-refractivity contribution in [3.63, 3.8) is 0 Å². The maximum absolute atomic E-state index is 10.1. The van der Waals surface area contributed by atoms with Crippen LogP contribution in [0.5, 0.6) is 0 Å². The van der Waals surface area contributed by atoms with E-state index in [1.165, 1.54) is 6.92 Å². The van der Waals surface area contributed by atoms with Gasteiger partial charge in [-0.25, -0.2) is 5.84 Å². The molecule has 0 aliphatic carbocycles. The standard InChI is InChI=1S/C4H11N3O2/c1-4(8)9-7(6)3-2-5/h2-3,5-6H2,1H3. The summed E-state index contributed by atoms with van der Waals surface area (Å²) in [7, 11) is 0. The monoisotopic (exact) mass is 133 g/mol. The molecule has 54 valence electrons. The lowest BCUT2D eigenvalue weighted by Gasteiger charge is -2.11. The van der Waals surface area contributed by atoms with E-state index in [-0.39, 0.29) is 0 Å². The average Bonchev–Trinajstić information content (AvgIpc) is 1.63. The molecule has 5 nitrogen and oxygen atoms in total. The Kier molecular flexibility index (Phi) is 3.94. The van der Waals surface area contributed by atoms with Crippen molar-refractivity contribution < 1.29 is 9.63 Å². The van der Waals surface area contributed by atoms with Crippen molar-refractivity contribution in [2.75, 3.05) is 13.1 Å². The lowest BCUT2D eigenvalue weighted by Crippen LogP contribution is -2.36. The fraction of sp³-hybridized carbons (Fsp3) is 0.750. The molecule has 0 spiro atoms. The van der Waals surface area contributed by atoms with E-state index in [1.807, 2.05) is 0 Å². The molecule has 0 amide bonds. The summed E-state index contributed by atoms with van der Waals surface area (Å²) in [5.74, 6) is 4.66. The van der Waals surface area contributed by atoms with Crippen LogP contribution in [0, 0.1) is 0 Å². The number of hydrogen-bond acceptors (Lipinski definition) is 5. The summed E-state index contributed by atoms with van der Waals surface area (Å²) in [5.41, 5.74) is 5.09. The molecule has 0 saturated carbocycles. The topological polar surface area (TPSA) is 81.6 Å². The summed E-state index contributed by atoms with van der Waals surface area (Å²) < 4.78 is 0. The summed E-state index contributed by atoms with van der Waals surface area (Å²) in [6, 6.07) is 0. The Bertz CT molecular complexity index is 95.8. The fourth-order valence-electron chi connectivity index (χ4n) is 0.338. The van der Waals surface area contributed by atoms with Crippen LogP contribution in [0.2, 0.25) is 0 Å². The minimum Gasteiger partial charge on any atom is -0.354 e. The van der Waals surface area contributed by atoms with E-state index in [9.17, 15) is 4.79 Å². The lowest BCUT2D eigenvalue weighted by atomic mass is 10.7. The molecule has 0 aromatic heterocycles. The van der Waals surface area contributed by atoms with Gasteiger partial charge in [-0.1, -0.05) is 5.17 Å². The Morgan fingerprint density at radius 1 is 1.78 bits per heavy atom. The fourth-order valence-corrected chi connectivity index (χ4v) is 0.338. The van der Waals surface area contributed by atoms with E-state index in [4.69, 9.17) is 11.6 Å². The van der Waals surface area contributed by atoms with Crippen LogP contribution >= 0.6 is 0 Å². The molecule has 0 heterocycles. The summed E-state index contributed by atoms with van der Waals surface area (Å²) in [4.78, 5) is 14.5. The number of nitrogens with two attached hydrogens (primary N) is 2. The second-order valence-electron chi connectivity index (χ2n) is 1.51. The van der Waals surface area contributed by atoms with Crippen molar-refractivity contribution in [2.24, 2.45) is 11.6 Å². The molecule has 0 aliphatic rings. The van der Waals surface area contributed by atoms with Crippen LogP contribution in [0.4, 0.5) is 0 Å². The number of hydroxylamine groups is 1. The van der Waals surface area contributed by atoms with Gasteiger partial charge < -0.3 is 10.6 Å². The third kappa shape index (κ3) is 5.22. The van der Waals surface area contributed by atoms with Crippen molar-refractivity contribution >= 4 is 5.97 Å². The van der Waals surface area contributed by atoms with Crippen molar-refractivity contribution in [1.29, 1.82) is 0 Å². The molecule has 0 fully saturated rings. The molecule has 0 aromatic carbocycles. The predicted octanol–water partition coefficient (Wildman–Crippen LogP) is -1.40.